The Labute approximate surface area is 104 Å². The van der Waals surface area contributed by atoms with Crippen LogP contribution in [0.25, 0.3) is 0 Å². The Morgan fingerprint density at radius 2 is 1.82 bits per heavy atom. The van der Waals surface area contributed by atoms with Crippen molar-refractivity contribution in [1.29, 1.82) is 0 Å². The highest BCUT2D eigenvalue weighted by Gasteiger charge is 2.12. The average molecular weight is 229 g/mol. The fraction of sp³-hybridized carbons (Fsp3) is 0.200. The van der Waals surface area contributed by atoms with Crippen molar-refractivity contribution in [3.05, 3.63) is 48.4 Å². The number of benzene rings is 1. The lowest BCUT2D eigenvalue weighted by atomic mass is 10.2. The van der Waals surface area contributed by atoms with E-state index in [0.717, 1.165) is 22.9 Å². The van der Waals surface area contributed by atoms with Crippen LogP contribution in [0.1, 0.15) is 20.8 Å². The Morgan fingerprint density at radius 3 is 2.41 bits per heavy atom. The molecule has 1 aliphatic rings. The second kappa shape index (κ2) is 8.06. The predicted octanol–water partition coefficient (Wildman–Crippen LogP) is 4.18. The molecule has 0 spiro atoms. The number of hydrogen-bond donors (Lipinski definition) is 1. The van der Waals surface area contributed by atoms with Crippen molar-refractivity contribution in [2.75, 3.05) is 5.32 Å². The van der Waals surface area contributed by atoms with E-state index in [0.29, 0.717) is 0 Å². The third-order valence-corrected chi connectivity index (χ3v) is 2.00. The molecule has 1 aliphatic heterocycles. The third kappa shape index (κ3) is 3.73. The van der Waals surface area contributed by atoms with Gasteiger partial charge in [-0.05, 0) is 25.1 Å². The van der Waals surface area contributed by atoms with Crippen LogP contribution in [0.5, 0.6) is 5.75 Å². The second-order valence-corrected chi connectivity index (χ2v) is 2.90. The standard InChI is InChI=1S/C11H11NO.C2H6.C2H2/c1-3-9-8(2)13-11-7-5-4-6-10(11)12-9;2*1-2/h3-7,12H,1H2,2H3;1-2H3;1-2H. The molecule has 1 N–H and O–H groups in total. The van der Waals surface area contributed by atoms with Gasteiger partial charge in [-0.25, -0.2) is 0 Å². The first kappa shape index (κ1) is 14.9. The van der Waals surface area contributed by atoms with E-state index in [1.165, 1.54) is 0 Å². The van der Waals surface area contributed by atoms with Crippen LogP contribution in [0, 0.1) is 12.8 Å². The van der Waals surface area contributed by atoms with Crippen LogP contribution in [0.2, 0.25) is 0 Å². The topological polar surface area (TPSA) is 21.3 Å². The first-order valence-corrected chi connectivity index (χ1v) is 5.52. The molecule has 1 heterocycles. The van der Waals surface area contributed by atoms with E-state index in [1.807, 2.05) is 45.0 Å². The predicted molar refractivity (Wildman–Crippen MR) is 74.8 cm³/mol. The normalized spacial score (nSPS) is 11.4. The van der Waals surface area contributed by atoms with Gasteiger partial charge >= 0.3 is 0 Å². The molecule has 17 heavy (non-hydrogen) atoms. The lowest BCUT2D eigenvalue weighted by Gasteiger charge is -2.20. The molecule has 2 heteroatoms. The first-order valence-electron chi connectivity index (χ1n) is 5.52. The molecule has 0 fully saturated rings. The number of hydrogen-bond acceptors (Lipinski definition) is 2. The molecule has 0 aromatic heterocycles. The number of nitrogens with one attached hydrogen (secondary N) is 1. The fourth-order valence-corrected chi connectivity index (χ4v) is 1.31. The van der Waals surface area contributed by atoms with Crippen LogP contribution in [0.4, 0.5) is 5.69 Å². The van der Waals surface area contributed by atoms with Crippen molar-refractivity contribution in [2.24, 2.45) is 0 Å². The lowest BCUT2D eigenvalue weighted by Crippen LogP contribution is -2.10. The Hall–Kier alpha value is -2.14. The van der Waals surface area contributed by atoms with Crippen molar-refractivity contribution in [1.82, 2.24) is 0 Å². The fourth-order valence-electron chi connectivity index (χ4n) is 1.31. The smallest absolute Gasteiger partial charge is 0.150 e. The van der Waals surface area contributed by atoms with Crippen LogP contribution in [0.15, 0.2) is 48.4 Å². The summed E-state index contributed by atoms with van der Waals surface area (Å²) in [6.45, 7) is 9.62. The Morgan fingerprint density at radius 1 is 1.24 bits per heavy atom. The summed E-state index contributed by atoms with van der Waals surface area (Å²) in [5.74, 6) is 1.72. The summed E-state index contributed by atoms with van der Waals surface area (Å²) < 4.78 is 5.58. The zero-order valence-electron chi connectivity index (χ0n) is 10.7. The summed E-state index contributed by atoms with van der Waals surface area (Å²) >= 11 is 0. The number of allylic oxidation sites excluding steroid dienone is 2. The molecule has 0 saturated carbocycles. The van der Waals surface area contributed by atoms with Gasteiger partial charge in [-0.1, -0.05) is 32.6 Å². The number of terminal acetylenes is 1. The molecule has 90 valence electrons. The minimum Gasteiger partial charge on any atom is -0.458 e. The van der Waals surface area contributed by atoms with E-state index in [9.17, 15) is 0 Å². The quantitative estimate of drug-likeness (QED) is 0.729. The largest absolute Gasteiger partial charge is 0.458 e. The van der Waals surface area contributed by atoms with Crippen LogP contribution in [-0.2, 0) is 0 Å². The van der Waals surface area contributed by atoms with Crippen LogP contribution < -0.4 is 10.1 Å². The van der Waals surface area contributed by atoms with Gasteiger partial charge < -0.3 is 10.1 Å². The van der Waals surface area contributed by atoms with Gasteiger partial charge in [-0.3, -0.25) is 0 Å². The number of fused-ring (bicyclic) bond motifs is 1. The summed E-state index contributed by atoms with van der Waals surface area (Å²) in [5, 5.41) is 3.23. The number of para-hydroxylation sites is 2. The Bertz CT molecular complexity index is 416. The van der Waals surface area contributed by atoms with Crippen molar-refractivity contribution >= 4 is 5.69 Å². The molecule has 1 aromatic rings. The van der Waals surface area contributed by atoms with Gasteiger partial charge in [0.15, 0.2) is 0 Å². The monoisotopic (exact) mass is 229 g/mol. The summed E-state index contributed by atoms with van der Waals surface area (Å²) in [5.41, 5.74) is 1.92. The molecule has 2 nitrogen and oxygen atoms in total. The summed E-state index contributed by atoms with van der Waals surface area (Å²) in [4.78, 5) is 0. The lowest BCUT2D eigenvalue weighted by molar-refractivity contribution is 0.419. The highest BCUT2D eigenvalue weighted by molar-refractivity contribution is 5.63. The van der Waals surface area contributed by atoms with E-state index >= 15 is 0 Å². The zero-order valence-corrected chi connectivity index (χ0v) is 10.7. The van der Waals surface area contributed by atoms with Gasteiger partial charge in [0.25, 0.3) is 0 Å². The summed E-state index contributed by atoms with van der Waals surface area (Å²) in [7, 11) is 0. The van der Waals surface area contributed by atoms with Gasteiger partial charge in [-0.15, -0.1) is 12.8 Å². The van der Waals surface area contributed by atoms with E-state index in [4.69, 9.17) is 4.74 Å². The SMILES string of the molecule is C#C.C=CC1=C(C)Oc2ccccc2N1.CC. The second-order valence-electron chi connectivity index (χ2n) is 2.90. The molecule has 2 rings (SSSR count). The first-order chi connectivity index (χ1) is 8.31. The number of rotatable bonds is 1. The van der Waals surface area contributed by atoms with E-state index in [-0.39, 0.29) is 0 Å². The average Bonchev–Trinajstić information content (AvgIpc) is 2.42. The maximum absolute atomic E-state index is 5.58. The molecule has 0 bridgehead atoms. The van der Waals surface area contributed by atoms with Gasteiger partial charge in [0.05, 0.1) is 11.4 Å². The van der Waals surface area contributed by atoms with Gasteiger partial charge in [-0.2, -0.15) is 0 Å². The molecule has 0 amide bonds. The highest BCUT2D eigenvalue weighted by Crippen LogP contribution is 2.31. The number of anilines is 1. The molecular formula is C15H19NO. The van der Waals surface area contributed by atoms with Crippen molar-refractivity contribution in [2.45, 2.75) is 20.8 Å². The summed E-state index contributed by atoms with van der Waals surface area (Å²) in [6.07, 6.45) is 9.76. The molecule has 0 unspecified atom stereocenters. The minimum atomic E-state index is 0.855. The van der Waals surface area contributed by atoms with Crippen molar-refractivity contribution in [3.63, 3.8) is 0 Å². The molecular weight excluding hydrogens is 210 g/mol. The zero-order chi connectivity index (χ0) is 13.3. The van der Waals surface area contributed by atoms with Crippen molar-refractivity contribution in [3.8, 4) is 18.6 Å². The third-order valence-electron chi connectivity index (χ3n) is 2.00. The molecule has 1 aromatic carbocycles. The Kier molecular flexibility index (Phi) is 7.05. The minimum absolute atomic E-state index is 0.855. The van der Waals surface area contributed by atoms with Gasteiger partial charge in [0, 0.05) is 0 Å². The summed E-state index contributed by atoms with van der Waals surface area (Å²) in [6, 6.07) is 7.83. The molecule has 0 radical (unpaired) electrons. The Balaban J connectivity index is 0.000000581. The number of ether oxygens (including phenoxy) is 1. The van der Waals surface area contributed by atoms with E-state index < -0.39 is 0 Å². The van der Waals surface area contributed by atoms with Crippen LogP contribution in [-0.4, -0.2) is 0 Å². The molecule has 0 saturated heterocycles. The maximum atomic E-state index is 5.58. The van der Waals surface area contributed by atoms with Gasteiger partial charge in [0.2, 0.25) is 0 Å². The van der Waals surface area contributed by atoms with Crippen LogP contribution in [0.3, 0.4) is 0 Å². The van der Waals surface area contributed by atoms with Crippen molar-refractivity contribution < 1.29 is 4.74 Å². The highest BCUT2D eigenvalue weighted by atomic mass is 16.5. The maximum Gasteiger partial charge on any atom is 0.150 e. The van der Waals surface area contributed by atoms with Gasteiger partial charge in [0.1, 0.15) is 11.5 Å². The molecule has 0 atom stereocenters. The van der Waals surface area contributed by atoms with E-state index in [1.54, 1.807) is 6.08 Å². The van der Waals surface area contributed by atoms with Crippen LogP contribution >= 0.6 is 0 Å². The molecule has 0 aliphatic carbocycles. The van der Waals surface area contributed by atoms with E-state index in [2.05, 4.69) is 24.7 Å².